The van der Waals surface area contributed by atoms with Gasteiger partial charge in [-0.2, -0.15) is 5.10 Å². The Labute approximate surface area is 172 Å². The first-order valence-corrected chi connectivity index (χ1v) is 10.2. The molecule has 0 N–H and O–H groups in total. The number of carbonyl (C=O) groups is 1. The van der Waals surface area contributed by atoms with E-state index >= 15 is 0 Å². The van der Waals surface area contributed by atoms with Gasteiger partial charge >= 0.3 is 0 Å². The quantitative estimate of drug-likeness (QED) is 0.559. The average molecular weight is 391 g/mol. The molecule has 0 spiro atoms. The van der Waals surface area contributed by atoms with Gasteiger partial charge in [-0.05, 0) is 41.7 Å². The maximum atomic E-state index is 13.3. The summed E-state index contributed by atoms with van der Waals surface area (Å²) < 4.78 is 13.3. The number of nitrogens with zero attached hydrogens (tertiary/aromatic N) is 2. The number of hydrogen-bond donors (Lipinski definition) is 0. The summed E-state index contributed by atoms with van der Waals surface area (Å²) in [7, 11) is 0. The van der Waals surface area contributed by atoms with Gasteiger partial charge in [-0.3, -0.25) is 4.79 Å². The van der Waals surface area contributed by atoms with Crippen LogP contribution in [0.3, 0.4) is 0 Å². The number of hydrazone groups is 1. The molecule has 3 nitrogen and oxygen atoms in total. The van der Waals surface area contributed by atoms with Crippen LogP contribution in [0.25, 0.3) is 5.57 Å². The van der Waals surface area contributed by atoms with E-state index in [4.69, 9.17) is 0 Å². The summed E-state index contributed by atoms with van der Waals surface area (Å²) in [6.45, 7) is 5.82. The van der Waals surface area contributed by atoms with Crippen molar-refractivity contribution in [3.63, 3.8) is 0 Å². The zero-order chi connectivity index (χ0) is 20.8. The lowest BCUT2D eigenvalue weighted by molar-refractivity contribution is -0.130. The Morgan fingerprint density at radius 2 is 1.76 bits per heavy atom. The van der Waals surface area contributed by atoms with Gasteiger partial charge in [0.05, 0.1) is 11.8 Å². The summed E-state index contributed by atoms with van der Waals surface area (Å²) in [5, 5.41) is 6.14. The number of rotatable bonds is 6. The van der Waals surface area contributed by atoms with Gasteiger partial charge in [0.1, 0.15) is 5.82 Å². The van der Waals surface area contributed by atoms with Crippen molar-refractivity contribution >= 4 is 17.2 Å². The standard InChI is InChI=1S/C25H27FN2O/c1-4-19(5-2)15-22(20-9-7-6-8-10-20)16-24-17-25(27-28(24)18(3)29)21-11-13-23(26)14-12-21/h6-14,24H,4-5,16-17H2,1-3H3/t24-/m0/s1. The lowest BCUT2D eigenvalue weighted by atomic mass is 9.94. The highest BCUT2D eigenvalue weighted by Gasteiger charge is 2.31. The smallest absolute Gasteiger partial charge is 0.239 e. The first-order chi connectivity index (χ1) is 14.0. The maximum absolute atomic E-state index is 13.3. The Morgan fingerprint density at radius 1 is 1.10 bits per heavy atom. The van der Waals surface area contributed by atoms with Crippen LogP contribution in [-0.4, -0.2) is 22.7 Å². The lowest BCUT2D eigenvalue weighted by Crippen LogP contribution is -2.31. The summed E-state index contributed by atoms with van der Waals surface area (Å²) >= 11 is 0. The third-order valence-electron chi connectivity index (χ3n) is 5.25. The van der Waals surface area contributed by atoms with Crippen LogP contribution in [0.5, 0.6) is 0 Å². The van der Waals surface area contributed by atoms with Gasteiger partial charge in [-0.1, -0.05) is 56.3 Å². The Bertz CT molecular complexity index is 948. The zero-order valence-corrected chi connectivity index (χ0v) is 17.3. The number of benzene rings is 2. The summed E-state index contributed by atoms with van der Waals surface area (Å²) in [4.78, 5) is 12.3. The van der Waals surface area contributed by atoms with Crippen LogP contribution in [0.1, 0.15) is 57.6 Å². The maximum Gasteiger partial charge on any atom is 0.239 e. The highest BCUT2D eigenvalue weighted by atomic mass is 19.1. The van der Waals surface area contributed by atoms with Gasteiger partial charge in [0.2, 0.25) is 5.91 Å². The molecule has 1 atom stereocenters. The number of hydrogen-bond acceptors (Lipinski definition) is 2. The van der Waals surface area contributed by atoms with Crippen molar-refractivity contribution in [1.82, 2.24) is 5.01 Å². The van der Waals surface area contributed by atoms with Crippen LogP contribution < -0.4 is 0 Å². The topological polar surface area (TPSA) is 32.7 Å². The molecule has 0 fully saturated rings. The molecule has 0 aromatic heterocycles. The Hall–Kier alpha value is -2.97. The molecule has 1 aliphatic heterocycles. The molecule has 0 bridgehead atoms. The van der Waals surface area contributed by atoms with Gasteiger partial charge in [-0.25, -0.2) is 9.40 Å². The van der Waals surface area contributed by atoms with Crippen molar-refractivity contribution < 1.29 is 9.18 Å². The molecule has 2 aromatic carbocycles. The van der Waals surface area contributed by atoms with E-state index in [2.05, 4.69) is 36.8 Å². The van der Waals surface area contributed by atoms with Gasteiger partial charge in [0, 0.05) is 25.3 Å². The third-order valence-corrected chi connectivity index (χ3v) is 5.25. The fraction of sp³-hybridized carbons (Fsp3) is 0.320. The van der Waals surface area contributed by atoms with Crippen molar-refractivity contribution in [2.24, 2.45) is 5.10 Å². The fourth-order valence-corrected chi connectivity index (χ4v) is 3.62. The predicted molar refractivity (Wildman–Crippen MR) is 116 cm³/mol. The molecule has 3 rings (SSSR count). The SMILES string of the molecule is CCC(=C=C(C[C@H]1CC(c2ccc(F)cc2)=NN1C(C)=O)c1ccccc1)CC. The zero-order valence-electron chi connectivity index (χ0n) is 17.3. The van der Waals surface area contributed by atoms with E-state index in [-0.39, 0.29) is 17.8 Å². The molecule has 29 heavy (non-hydrogen) atoms. The molecule has 0 radical (unpaired) electrons. The molecular weight excluding hydrogens is 363 g/mol. The Kier molecular flexibility index (Phi) is 6.79. The van der Waals surface area contributed by atoms with Gasteiger partial charge < -0.3 is 0 Å². The van der Waals surface area contributed by atoms with Crippen LogP contribution in [-0.2, 0) is 4.79 Å². The van der Waals surface area contributed by atoms with E-state index < -0.39 is 0 Å². The second-order valence-electron chi connectivity index (χ2n) is 7.26. The van der Waals surface area contributed by atoms with Gasteiger partial charge in [0.15, 0.2) is 0 Å². The first-order valence-electron chi connectivity index (χ1n) is 10.2. The molecule has 4 heteroatoms. The van der Waals surface area contributed by atoms with E-state index in [9.17, 15) is 9.18 Å². The van der Waals surface area contributed by atoms with Crippen LogP contribution in [0, 0.1) is 5.82 Å². The summed E-state index contributed by atoms with van der Waals surface area (Å²) in [6, 6.07) is 16.4. The largest absolute Gasteiger partial charge is 0.273 e. The van der Waals surface area contributed by atoms with Crippen molar-refractivity contribution in [2.45, 2.75) is 52.5 Å². The molecule has 2 aromatic rings. The average Bonchev–Trinajstić information content (AvgIpc) is 3.16. The molecular formula is C25H27FN2O. The van der Waals surface area contributed by atoms with E-state index in [0.29, 0.717) is 12.8 Å². The van der Waals surface area contributed by atoms with Crippen LogP contribution >= 0.6 is 0 Å². The number of halogens is 1. The molecule has 0 saturated carbocycles. The summed E-state index contributed by atoms with van der Waals surface area (Å²) in [5.41, 5.74) is 8.75. The fourth-order valence-electron chi connectivity index (χ4n) is 3.62. The highest BCUT2D eigenvalue weighted by molar-refractivity contribution is 6.03. The molecule has 0 unspecified atom stereocenters. The second-order valence-corrected chi connectivity index (χ2v) is 7.26. The van der Waals surface area contributed by atoms with E-state index in [1.54, 1.807) is 17.1 Å². The minimum absolute atomic E-state index is 0.0785. The Morgan fingerprint density at radius 3 is 2.34 bits per heavy atom. The monoisotopic (exact) mass is 390 g/mol. The van der Waals surface area contributed by atoms with Crippen LogP contribution in [0.4, 0.5) is 4.39 Å². The number of amides is 1. The minimum Gasteiger partial charge on any atom is -0.273 e. The van der Waals surface area contributed by atoms with E-state index in [1.165, 1.54) is 24.6 Å². The lowest BCUT2D eigenvalue weighted by Gasteiger charge is -2.21. The molecule has 0 saturated heterocycles. The predicted octanol–water partition coefficient (Wildman–Crippen LogP) is 5.97. The van der Waals surface area contributed by atoms with Crippen LogP contribution in [0.15, 0.2) is 71.0 Å². The molecule has 1 amide bonds. The first kappa shape index (κ1) is 20.8. The second kappa shape index (κ2) is 9.49. The number of carbonyl (C=O) groups excluding carboxylic acids is 1. The molecule has 150 valence electrons. The summed E-state index contributed by atoms with van der Waals surface area (Å²) in [5.74, 6) is -0.367. The molecule has 1 heterocycles. The van der Waals surface area contributed by atoms with E-state index in [1.807, 2.05) is 18.2 Å². The third kappa shape index (κ3) is 5.10. The molecule has 1 aliphatic rings. The van der Waals surface area contributed by atoms with Gasteiger partial charge in [-0.15, -0.1) is 5.73 Å². The van der Waals surface area contributed by atoms with E-state index in [0.717, 1.165) is 35.3 Å². The molecule has 0 aliphatic carbocycles. The Balaban J connectivity index is 1.94. The summed E-state index contributed by atoms with van der Waals surface area (Å²) in [6.07, 6.45) is 3.20. The van der Waals surface area contributed by atoms with Crippen LogP contribution in [0.2, 0.25) is 0 Å². The van der Waals surface area contributed by atoms with Crippen molar-refractivity contribution in [1.29, 1.82) is 0 Å². The minimum atomic E-state index is -0.279. The van der Waals surface area contributed by atoms with Crippen molar-refractivity contribution in [3.8, 4) is 0 Å². The normalized spacial score (nSPS) is 15.7. The van der Waals surface area contributed by atoms with Crippen molar-refractivity contribution in [2.75, 3.05) is 0 Å². The van der Waals surface area contributed by atoms with Crippen molar-refractivity contribution in [3.05, 3.63) is 82.8 Å². The highest BCUT2D eigenvalue weighted by Crippen LogP contribution is 2.29. The van der Waals surface area contributed by atoms with Gasteiger partial charge in [0.25, 0.3) is 0 Å².